The number of rotatable bonds is 5. The van der Waals surface area contributed by atoms with Crippen LogP contribution < -0.4 is 0 Å². The molecular formula is C5H18O2Si3. The van der Waals surface area contributed by atoms with Crippen molar-refractivity contribution in [2.45, 2.75) is 32.5 Å². The summed E-state index contributed by atoms with van der Waals surface area (Å²) < 4.78 is 10.9. The SMILES string of the molecule is CC[Si](C)(CC)O[SiH2]O[SiH3]. The molecule has 0 saturated heterocycles. The normalized spacial score (nSPS) is 13.5. The summed E-state index contributed by atoms with van der Waals surface area (Å²) in [6.07, 6.45) is 0. The number of hydrogen-bond acceptors (Lipinski definition) is 2. The van der Waals surface area contributed by atoms with Gasteiger partial charge >= 0.3 is 0 Å². The Morgan fingerprint density at radius 2 is 1.90 bits per heavy atom. The average Bonchev–Trinajstić information content (AvgIpc) is 2.00. The van der Waals surface area contributed by atoms with Gasteiger partial charge in [-0.15, -0.1) is 0 Å². The third kappa shape index (κ3) is 3.67. The van der Waals surface area contributed by atoms with Crippen molar-refractivity contribution in [1.82, 2.24) is 0 Å². The largest absolute Gasteiger partial charge is 0.449 e. The molecule has 2 nitrogen and oxygen atoms in total. The maximum Gasteiger partial charge on any atom is 0.283 e. The lowest BCUT2D eigenvalue weighted by Crippen LogP contribution is -2.34. The van der Waals surface area contributed by atoms with Gasteiger partial charge in [-0.05, 0) is 18.6 Å². The Morgan fingerprint density at radius 3 is 2.20 bits per heavy atom. The standard InChI is InChI=1S/C5H18O2Si3/c1-4-10(3,5-2)7-9-6-8/h4-5,9H2,1-3,8H3. The van der Waals surface area contributed by atoms with Crippen LogP contribution in [0.4, 0.5) is 0 Å². The van der Waals surface area contributed by atoms with Crippen LogP contribution in [0, 0.1) is 0 Å². The Balaban J connectivity index is 3.58. The smallest absolute Gasteiger partial charge is 0.283 e. The summed E-state index contributed by atoms with van der Waals surface area (Å²) in [6.45, 7) is 6.73. The van der Waals surface area contributed by atoms with Crippen molar-refractivity contribution in [2.24, 2.45) is 0 Å². The first kappa shape index (κ1) is 10.6. The minimum absolute atomic E-state index is 0.581. The zero-order valence-corrected chi connectivity index (χ0v) is 11.9. The Kier molecular flexibility index (Phi) is 5.55. The molecule has 0 fully saturated rings. The zero-order valence-electron chi connectivity index (χ0n) is 7.44. The fourth-order valence-electron chi connectivity index (χ4n) is 0.655. The predicted molar refractivity (Wildman–Crippen MR) is 53.2 cm³/mol. The second kappa shape index (κ2) is 5.25. The van der Waals surface area contributed by atoms with Crippen LogP contribution in [0.3, 0.4) is 0 Å². The van der Waals surface area contributed by atoms with Gasteiger partial charge in [0.2, 0.25) is 0 Å². The van der Waals surface area contributed by atoms with Gasteiger partial charge in [0, 0.05) is 0 Å². The molecule has 0 aliphatic rings. The van der Waals surface area contributed by atoms with E-state index in [1.54, 1.807) is 0 Å². The van der Waals surface area contributed by atoms with Crippen LogP contribution >= 0.6 is 0 Å². The van der Waals surface area contributed by atoms with Crippen LogP contribution in [0.25, 0.3) is 0 Å². The molecule has 0 aliphatic carbocycles. The van der Waals surface area contributed by atoms with Crippen LogP contribution in [-0.4, -0.2) is 28.8 Å². The van der Waals surface area contributed by atoms with Crippen molar-refractivity contribution in [2.75, 3.05) is 0 Å². The summed E-state index contributed by atoms with van der Waals surface area (Å²) in [5.41, 5.74) is 0. The lowest BCUT2D eigenvalue weighted by Gasteiger charge is -2.24. The molecule has 0 bridgehead atoms. The molecule has 0 unspecified atom stereocenters. The minimum atomic E-state index is -1.26. The van der Waals surface area contributed by atoms with E-state index in [1.165, 1.54) is 12.1 Å². The fourth-order valence-corrected chi connectivity index (χ4v) is 5.46. The van der Waals surface area contributed by atoms with Gasteiger partial charge < -0.3 is 8.23 Å². The molecule has 0 heterocycles. The van der Waals surface area contributed by atoms with Crippen molar-refractivity contribution in [3.05, 3.63) is 0 Å². The predicted octanol–water partition coefficient (Wildman–Crippen LogP) is -0.0861. The van der Waals surface area contributed by atoms with E-state index in [4.69, 9.17) is 8.23 Å². The van der Waals surface area contributed by atoms with Crippen molar-refractivity contribution in [3.63, 3.8) is 0 Å². The highest BCUT2D eigenvalue weighted by molar-refractivity contribution is 6.75. The second-order valence-electron chi connectivity index (χ2n) is 2.71. The molecule has 0 aromatic heterocycles. The van der Waals surface area contributed by atoms with E-state index in [9.17, 15) is 0 Å². The van der Waals surface area contributed by atoms with E-state index in [2.05, 4.69) is 20.4 Å². The van der Waals surface area contributed by atoms with Crippen molar-refractivity contribution in [1.29, 1.82) is 0 Å². The van der Waals surface area contributed by atoms with Crippen LogP contribution in [0.2, 0.25) is 18.6 Å². The maximum absolute atomic E-state index is 5.77. The molecule has 0 spiro atoms. The Labute approximate surface area is 70.0 Å². The van der Waals surface area contributed by atoms with Gasteiger partial charge in [0.25, 0.3) is 10.0 Å². The first-order valence-corrected chi connectivity index (χ1v) is 8.60. The molecule has 10 heavy (non-hydrogen) atoms. The van der Waals surface area contributed by atoms with Gasteiger partial charge in [0.1, 0.15) is 10.5 Å². The van der Waals surface area contributed by atoms with Crippen molar-refractivity contribution in [3.8, 4) is 0 Å². The van der Waals surface area contributed by atoms with E-state index in [1.807, 2.05) is 0 Å². The highest BCUT2D eigenvalue weighted by Gasteiger charge is 2.22. The topological polar surface area (TPSA) is 18.5 Å². The highest BCUT2D eigenvalue weighted by atomic mass is 28.4. The quantitative estimate of drug-likeness (QED) is 0.570. The molecule has 0 aliphatic heterocycles. The first-order chi connectivity index (χ1) is 4.68. The number of hydrogen-bond donors (Lipinski definition) is 0. The molecule has 0 amide bonds. The van der Waals surface area contributed by atoms with Gasteiger partial charge in [-0.3, -0.25) is 0 Å². The summed E-state index contributed by atoms with van der Waals surface area (Å²) in [7, 11) is -0.994. The second-order valence-corrected chi connectivity index (χ2v) is 10.7. The van der Waals surface area contributed by atoms with Crippen LogP contribution in [0.5, 0.6) is 0 Å². The van der Waals surface area contributed by atoms with Crippen molar-refractivity contribution < 1.29 is 8.23 Å². The van der Waals surface area contributed by atoms with E-state index >= 15 is 0 Å². The Hall–Kier alpha value is 0.571. The van der Waals surface area contributed by atoms with E-state index < -0.39 is 18.3 Å². The minimum Gasteiger partial charge on any atom is -0.449 e. The molecule has 0 saturated carbocycles. The van der Waals surface area contributed by atoms with Crippen LogP contribution in [0.15, 0.2) is 0 Å². The summed E-state index contributed by atoms with van der Waals surface area (Å²) in [6, 6.07) is 2.45. The van der Waals surface area contributed by atoms with Crippen LogP contribution in [0.1, 0.15) is 13.8 Å². The molecule has 0 aromatic carbocycles. The van der Waals surface area contributed by atoms with Gasteiger partial charge in [0.05, 0.1) is 0 Å². The summed E-state index contributed by atoms with van der Waals surface area (Å²) in [4.78, 5) is 0. The maximum atomic E-state index is 5.77. The average molecular weight is 194 g/mol. The monoisotopic (exact) mass is 194 g/mol. The summed E-state index contributed by atoms with van der Waals surface area (Å²) in [5, 5.41) is 0. The van der Waals surface area contributed by atoms with Gasteiger partial charge in [-0.1, -0.05) is 13.8 Å². The van der Waals surface area contributed by atoms with Gasteiger partial charge in [0.15, 0.2) is 8.32 Å². The van der Waals surface area contributed by atoms with E-state index in [-0.39, 0.29) is 0 Å². The molecule has 0 rings (SSSR count). The third-order valence-corrected chi connectivity index (χ3v) is 9.21. The lowest BCUT2D eigenvalue weighted by molar-refractivity contribution is 0.472. The fraction of sp³-hybridized carbons (Fsp3) is 1.00. The van der Waals surface area contributed by atoms with Crippen molar-refractivity contribution >= 4 is 28.8 Å². The van der Waals surface area contributed by atoms with E-state index in [0.29, 0.717) is 0 Å². The first-order valence-electron chi connectivity index (χ1n) is 3.81. The van der Waals surface area contributed by atoms with Crippen LogP contribution in [-0.2, 0) is 8.23 Å². The van der Waals surface area contributed by atoms with Gasteiger partial charge in [-0.2, -0.15) is 0 Å². The lowest BCUT2D eigenvalue weighted by atomic mass is 10.9. The Morgan fingerprint density at radius 1 is 1.40 bits per heavy atom. The summed E-state index contributed by atoms with van der Waals surface area (Å²) in [5.74, 6) is 0. The molecule has 0 atom stereocenters. The highest BCUT2D eigenvalue weighted by Crippen LogP contribution is 2.14. The van der Waals surface area contributed by atoms with E-state index in [0.717, 1.165) is 10.5 Å². The molecule has 0 aromatic rings. The molecule has 62 valence electrons. The molecule has 0 radical (unpaired) electrons. The molecule has 5 heteroatoms. The van der Waals surface area contributed by atoms with Gasteiger partial charge in [-0.25, -0.2) is 0 Å². The third-order valence-electron chi connectivity index (χ3n) is 2.02. The molecular weight excluding hydrogens is 176 g/mol. The molecule has 0 N–H and O–H groups in total. The summed E-state index contributed by atoms with van der Waals surface area (Å²) >= 11 is 0. The Bertz CT molecular complexity index is 85.0. The zero-order chi connectivity index (χ0) is 8.04.